The molecule has 0 fully saturated rings. The van der Waals surface area contributed by atoms with Gasteiger partial charge in [-0.1, -0.05) is 24.3 Å². The first kappa shape index (κ1) is 14.0. The topological polar surface area (TPSA) is 92.9 Å². The number of hydrazine groups is 1. The second-order valence-electron chi connectivity index (χ2n) is 4.36. The van der Waals surface area contributed by atoms with E-state index in [1.807, 2.05) is 12.1 Å². The van der Waals surface area contributed by atoms with E-state index in [-0.39, 0.29) is 11.6 Å². The molecule has 6 nitrogen and oxygen atoms in total. The molecule has 1 heterocycles. The Balaban J connectivity index is 1.87. The Morgan fingerprint density at radius 1 is 1.25 bits per heavy atom. The maximum atomic E-state index is 11.9. The second kappa shape index (κ2) is 6.63. The van der Waals surface area contributed by atoms with Crippen LogP contribution in [0, 0.1) is 6.92 Å². The summed E-state index contributed by atoms with van der Waals surface area (Å²) in [4.78, 5) is 19.8. The number of nitrogen functional groups attached to an aromatic ring is 1. The zero-order valence-corrected chi connectivity index (χ0v) is 11.3. The minimum atomic E-state index is -0.241. The average Bonchev–Trinajstić information content (AvgIpc) is 2.49. The summed E-state index contributed by atoms with van der Waals surface area (Å²) >= 11 is 0. The van der Waals surface area contributed by atoms with E-state index >= 15 is 0 Å². The quantitative estimate of drug-likeness (QED) is 0.558. The summed E-state index contributed by atoms with van der Waals surface area (Å²) in [7, 11) is 0. The average molecular weight is 271 g/mol. The van der Waals surface area contributed by atoms with E-state index in [0.717, 1.165) is 6.42 Å². The monoisotopic (exact) mass is 271 g/mol. The lowest BCUT2D eigenvalue weighted by Gasteiger charge is -2.07. The molecular formula is C14H17N5O. The predicted molar refractivity (Wildman–Crippen MR) is 77.1 cm³/mol. The van der Waals surface area contributed by atoms with Crippen LogP contribution in [-0.4, -0.2) is 22.4 Å². The fourth-order valence-electron chi connectivity index (χ4n) is 1.81. The highest BCUT2D eigenvalue weighted by atomic mass is 16.1. The van der Waals surface area contributed by atoms with E-state index in [9.17, 15) is 4.79 Å². The van der Waals surface area contributed by atoms with Crippen molar-refractivity contribution in [2.75, 3.05) is 12.0 Å². The number of amides is 1. The summed E-state index contributed by atoms with van der Waals surface area (Å²) in [5.74, 6) is 5.36. The Labute approximate surface area is 117 Å². The molecule has 0 unspecified atom stereocenters. The molecule has 1 aromatic carbocycles. The maximum Gasteiger partial charge on any atom is 0.271 e. The maximum absolute atomic E-state index is 11.9. The van der Waals surface area contributed by atoms with Gasteiger partial charge in [-0.2, -0.15) is 0 Å². The number of carbonyl (C=O) groups excluding carboxylic acids is 1. The van der Waals surface area contributed by atoms with Gasteiger partial charge in [0, 0.05) is 6.54 Å². The Kier molecular flexibility index (Phi) is 4.62. The Morgan fingerprint density at radius 2 is 2.05 bits per heavy atom. The van der Waals surface area contributed by atoms with Gasteiger partial charge in [0.2, 0.25) is 0 Å². The third-order valence-electron chi connectivity index (χ3n) is 2.97. The summed E-state index contributed by atoms with van der Waals surface area (Å²) in [5, 5.41) is 2.82. The largest absolute Gasteiger partial charge is 0.350 e. The van der Waals surface area contributed by atoms with Gasteiger partial charge in [-0.15, -0.1) is 0 Å². The fourth-order valence-corrected chi connectivity index (χ4v) is 1.81. The first-order valence-electron chi connectivity index (χ1n) is 6.32. The van der Waals surface area contributed by atoms with Crippen molar-refractivity contribution in [3.63, 3.8) is 0 Å². The zero-order valence-electron chi connectivity index (χ0n) is 11.3. The molecule has 0 bridgehead atoms. The smallest absolute Gasteiger partial charge is 0.271 e. The summed E-state index contributed by atoms with van der Waals surface area (Å²) in [6, 6.07) is 8.11. The molecule has 2 rings (SSSR count). The molecule has 1 amide bonds. The number of benzene rings is 1. The van der Waals surface area contributed by atoms with Gasteiger partial charge in [0.1, 0.15) is 5.69 Å². The molecule has 0 spiro atoms. The molecule has 0 atom stereocenters. The van der Waals surface area contributed by atoms with Crippen molar-refractivity contribution >= 4 is 11.7 Å². The molecule has 6 heteroatoms. The Morgan fingerprint density at radius 3 is 2.70 bits per heavy atom. The molecular weight excluding hydrogens is 254 g/mol. The second-order valence-corrected chi connectivity index (χ2v) is 4.36. The lowest BCUT2D eigenvalue weighted by Crippen LogP contribution is -2.27. The van der Waals surface area contributed by atoms with Crippen LogP contribution in [-0.2, 0) is 6.42 Å². The number of hydrogen-bond donors (Lipinski definition) is 3. The van der Waals surface area contributed by atoms with Crippen molar-refractivity contribution in [2.45, 2.75) is 13.3 Å². The third kappa shape index (κ3) is 3.52. The Bertz CT molecular complexity index is 582. The van der Waals surface area contributed by atoms with Crippen LogP contribution in [0.4, 0.5) is 5.82 Å². The number of carbonyl (C=O) groups is 1. The molecule has 0 aliphatic heterocycles. The number of rotatable bonds is 5. The van der Waals surface area contributed by atoms with Crippen LogP contribution < -0.4 is 16.6 Å². The minimum absolute atomic E-state index is 0.241. The van der Waals surface area contributed by atoms with Crippen molar-refractivity contribution in [3.05, 3.63) is 53.5 Å². The standard InChI is InChI=1S/C14H17N5O/c1-10-4-2-3-5-11(10)6-7-16-14(20)12-8-18-13(19-15)9-17-12/h2-5,8-9H,6-7,15H2,1H3,(H,16,20)(H,18,19). The first-order chi connectivity index (χ1) is 9.70. The molecule has 104 valence electrons. The number of aryl methyl sites for hydroxylation is 1. The van der Waals surface area contributed by atoms with E-state index in [1.165, 1.54) is 23.5 Å². The van der Waals surface area contributed by atoms with Crippen LogP contribution in [0.1, 0.15) is 21.6 Å². The van der Waals surface area contributed by atoms with Gasteiger partial charge in [-0.25, -0.2) is 15.8 Å². The number of nitrogens with one attached hydrogen (secondary N) is 2. The lowest BCUT2D eigenvalue weighted by atomic mass is 10.1. The van der Waals surface area contributed by atoms with Crippen LogP contribution in [0.3, 0.4) is 0 Å². The van der Waals surface area contributed by atoms with Gasteiger partial charge in [0.15, 0.2) is 5.82 Å². The van der Waals surface area contributed by atoms with Crippen LogP contribution in [0.15, 0.2) is 36.7 Å². The number of anilines is 1. The molecule has 0 aliphatic rings. The highest BCUT2D eigenvalue weighted by Gasteiger charge is 2.07. The van der Waals surface area contributed by atoms with E-state index in [4.69, 9.17) is 5.84 Å². The van der Waals surface area contributed by atoms with E-state index in [2.05, 4.69) is 39.8 Å². The van der Waals surface area contributed by atoms with E-state index in [1.54, 1.807) is 0 Å². The SMILES string of the molecule is Cc1ccccc1CCNC(=O)c1cnc(NN)cn1. The lowest BCUT2D eigenvalue weighted by molar-refractivity contribution is 0.0949. The molecule has 1 aromatic heterocycles. The molecule has 0 aliphatic carbocycles. The van der Waals surface area contributed by atoms with Crippen LogP contribution in [0.2, 0.25) is 0 Å². The molecule has 4 N–H and O–H groups in total. The number of hydrogen-bond acceptors (Lipinski definition) is 5. The first-order valence-corrected chi connectivity index (χ1v) is 6.32. The molecule has 0 saturated heterocycles. The highest BCUT2D eigenvalue weighted by Crippen LogP contribution is 2.07. The van der Waals surface area contributed by atoms with Crippen molar-refractivity contribution in [1.29, 1.82) is 0 Å². The predicted octanol–water partition coefficient (Wildman–Crippen LogP) is 1.04. The normalized spacial score (nSPS) is 10.1. The molecule has 20 heavy (non-hydrogen) atoms. The molecule has 2 aromatic rings. The Hall–Kier alpha value is -2.47. The van der Waals surface area contributed by atoms with Crippen molar-refractivity contribution in [1.82, 2.24) is 15.3 Å². The van der Waals surface area contributed by atoms with Gasteiger partial charge < -0.3 is 10.7 Å². The molecule has 0 radical (unpaired) electrons. The van der Waals surface area contributed by atoms with Gasteiger partial charge in [0.05, 0.1) is 12.4 Å². The van der Waals surface area contributed by atoms with Crippen molar-refractivity contribution < 1.29 is 4.79 Å². The van der Waals surface area contributed by atoms with E-state index < -0.39 is 0 Å². The van der Waals surface area contributed by atoms with Crippen LogP contribution >= 0.6 is 0 Å². The zero-order chi connectivity index (χ0) is 14.4. The van der Waals surface area contributed by atoms with Gasteiger partial charge >= 0.3 is 0 Å². The van der Waals surface area contributed by atoms with Crippen molar-refractivity contribution in [3.8, 4) is 0 Å². The van der Waals surface area contributed by atoms with Crippen LogP contribution in [0.5, 0.6) is 0 Å². The molecule has 0 saturated carbocycles. The summed E-state index contributed by atoms with van der Waals surface area (Å²) in [6.07, 6.45) is 3.59. The van der Waals surface area contributed by atoms with Crippen LogP contribution in [0.25, 0.3) is 0 Å². The summed E-state index contributed by atoms with van der Waals surface area (Å²) < 4.78 is 0. The number of nitrogens with zero attached hydrogens (tertiary/aromatic N) is 2. The number of nitrogens with two attached hydrogens (primary N) is 1. The third-order valence-corrected chi connectivity index (χ3v) is 2.97. The minimum Gasteiger partial charge on any atom is -0.350 e. The van der Waals surface area contributed by atoms with Gasteiger partial charge in [0.25, 0.3) is 5.91 Å². The number of aromatic nitrogens is 2. The summed E-state index contributed by atoms with van der Waals surface area (Å²) in [6.45, 7) is 2.61. The van der Waals surface area contributed by atoms with Gasteiger partial charge in [-0.3, -0.25) is 4.79 Å². The van der Waals surface area contributed by atoms with E-state index in [0.29, 0.717) is 12.4 Å². The summed E-state index contributed by atoms with van der Waals surface area (Å²) in [5.41, 5.74) is 5.08. The van der Waals surface area contributed by atoms with Crippen molar-refractivity contribution in [2.24, 2.45) is 5.84 Å². The highest BCUT2D eigenvalue weighted by molar-refractivity contribution is 5.91. The van der Waals surface area contributed by atoms with Gasteiger partial charge in [-0.05, 0) is 24.5 Å². The fraction of sp³-hybridized carbons (Fsp3) is 0.214.